The van der Waals surface area contributed by atoms with E-state index in [1.54, 1.807) is 26.0 Å². The molecule has 1 aromatic heterocycles. The molecule has 178 valence electrons. The Kier molecular flexibility index (Phi) is 5.94. The smallest absolute Gasteiger partial charge is 0.318 e. The van der Waals surface area contributed by atoms with Crippen molar-refractivity contribution in [2.45, 2.75) is 19.8 Å². The monoisotopic (exact) mass is 478 g/mol. The molecule has 3 aromatic rings. The Morgan fingerprint density at radius 2 is 1.91 bits per heavy atom. The topological polar surface area (TPSA) is 192 Å². The number of nitro groups is 2. The van der Waals surface area contributed by atoms with E-state index in [0.29, 0.717) is 16.8 Å². The van der Waals surface area contributed by atoms with E-state index in [1.165, 1.54) is 6.07 Å². The van der Waals surface area contributed by atoms with Crippen LogP contribution in [0.2, 0.25) is 0 Å². The number of ether oxygens (including phenoxy) is 3. The highest BCUT2D eigenvalue weighted by Gasteiger charge is 2.35. The van der Waals surface area contributed by atoms with E-state index in [1.807, 2.05) is 0 Å². The molecule has 0 spiro atoms. The molecule has 1 unspecified atom stereocenters. The Morgan fingerprint density at radius 3 is 2.57 bits per heavy atom. The number of aromatic amines is 1. The largest absolute Gasteiger partial charge is 0.490 e. The molecule has 0 fully saturated rings. The summed E-state index contributed by atoms with van der Waals surface area (Å²) in [6.45, 7) is 3.78. The first-order chi connectivity index (χ1) is 16.7. The van der Waals surface area contributed by atoms with Crippen molar-refractivity contribution < 1.29 is 24.1 Å². The lowest BCUT2D eigenvalue weighted by Crippen LogP contribution is -2.21. The number of fused-ring (bicyclic) bond motifs is 1. The van der Waals surface area contributed by atoms with Crippen LogP contribution in [0.3, 0.4) is 0 Å². The number of nitrogens with zero attached hydrogens (tertiary/aromatic N) is 4. The van der Waals surface area contributed by atoms with Gasteiger partial charge in [0.25, 0.3) is 5.69 Å². The van der Waals surface area contributed by atoms with E-state index in [4.69, 9.17) is 19.9 Å². The summed E-state index contributed by atoms with van der Waals surface area (Å²) >= 11 is 0. The zero-order valence-corrected chi connectivity index (χ0v) is 18.5. The minimum atomic E-state index is -0.769. The van der Waals surface area contributed by atoms with Gasteiger partial charge < -0.3 is 19.9 Å². The minimum Gasteiger partial charge on any atom is -0.490 e. The molecule has 4 rings (SSSR count). The van der Waals surface area contributed by atoms with E-state index < -0.39 is 27.1 Å². The SMILES string of the molecule is CCOc1cc(C2C(C#N)=C(N)Oc3n[nH]c(C)c32)ccc1Oc1ccc([N+](=O)[O-])cc1[N+](=O)[O-]. The summed E-state index contributed by atoms with van der Waals surface area (Å²) in [7, 11) is 0. The first kappa shape index (κ1) is 23.1. The Hall–Kier alpha value is -5.12. The van der Waals surface area contributed by atoms with Gasteiger partial charge in [0.2, 0.25) is 17.5 Å². The molecule has 2 aromatic carbocycles. The van der Waals surface area contributed by atoms with Gasteiger partial charge in [0.1, 0.15) is 11.6 Å². The first-order valence-corrected chi connectivity index (χ1v) is 10.2. The Balaban J connectivity index is 1.79. The highest BCUT2D eigenvalue weighted by molar-refractivity contribution is 5.59. The molecule has 35 heavy (non-hydrogen) atoms. The summed E-state index contributed by atoms with van der Waals surface area (Å²) in [5, 5.41) is 39.2. The molecule has 1 atom stereocenters. The van der Waals surface area contributed by atoms with Crippen LogP contribution in [0.15, 0.2) is 47.9 Å². The number of nitriles is 1. The van der Waals surface area contributed by atoms with Crippen molar-refractivity contribution >= 4 is 11.4 Å². The van der Waals surface area contributed by atoms with Gasteiger partial charge >= 0.3 is 5.69 Å². The summed E-state index contributed by atoms with van der Waals surface area (Å²) in [5.74, 6) is -0.248. The molecular weight excluding hydrogens is 460 g/mol. The fourth-order valence-electron chi connectivity index (χ4n) is 3.76. The highest BCUT2D eigenvalue weighted by atomic mass is 16.6. The predicted octanol–water partition coefficient (Wildman–Crippen LogP) is 3.94. The van der Waals surface area contributed by atoms with Gasteiger partial charge in [0.15, 0.2) is 11.5 Å². The number of benzene rings is 2. The van der Waals surface area contributed by atoms with Crippen molar-refractivity contribution in [2.24, 2.45) is 5.73 Å². The van der Waals surface area contributed by atoms with Crippen molar-refractivity contribution in [3.05, 3.63) is 84.9 Å². The van der Waals surface area contributed by atoms with Gasteiger partial charge in [-0.25, -0.2) is 0 Å². The molecule has 0 saturated heterocycles. The Morgan fingerprint density at radius 1 is 1.17 bits per heavy atom. The van der Waals surface area contributed by atoms with Gasteiger partial charge in [-0.15, -0.1) is 5.10 Å². The molecular formula is C22H18N6O7. The molecule has 3 N–H and O–H groups in total. The number of nitrogens with one attached hydrogen (secondary N) is 1. The molecule has 0 bridgehead atoms. The van der Waals surface area contributed by atoms with Crippen LogP contribution >= 0.6 is 0 Å². The Bertz CT molecular complexity index is 1420. The first-order valence-electron chi connectivity index (χ1n) is 10.2. The van der Waals surface area contributed by atoms with Gasteiger partial charge in [-0.3, -0.25) is 25.3 Å². The van der Waals surface area contributed by atoms with E-state index in [-0.39, 0.29) is 41.2 Å². The van der Waals surface area contributed by atoms with Gasteiger partial charge in [-0.1, -0.05) is 6.07 Å². The average Bonchev–Trinajstić information content (AvgIpc) is 3.19. The third-order valence-electron chi connectivity index (χ3n) is 5.30. The van der Waals surface area contributed by atoms with Gasteiger partial charge in [0.05, 0.1) is 28.4 Å². The zero-order valence-electron chi connectivity index (χ0n) is 18.5. The second-order valence-corrected chi connectivity index (χ2v) is 7.40. The molecule has 0 radical (unpaired) electrons. The van der Waals surface area contributed by atoms with E-state index in [2.05, 4.69) is 16.3 Å². The second-order valence-electron chi connectivity index (χ2n) is 7.40. The summed E-state index contributed by atoms with van der Waals surface area (Å²) in [4.78, 5) is 21.0. The van der Waals surface area contributed by atoms with E-state index in [9.17, 15) is 25.5 Å². The normalized spacial score (nSPS) is 14.5. The number of aryl methyl sites for hydroxylation is 1. The molecule has 13 heteroatoms. The second kappa shape index (κ2) is 9.02. The molecule has 0 saturated carbocycles. The fraction of sp³-hybridized carbons (Fsp3) is 0.182. The number of hydrogen-bond donors (Lipinski definition) is 2. The molecule has 0 amide bonds. The third kappa shape index (κ3) is 4.15. The van der Waals surface area contributed by atoms with Crippen LogP contribution in [-0.4, -0.2) is 26.7 Å². The summed E-state index contributed by atoms with van der Waals surface area (Å²) in [5.41, 5.74) is 7.07. The van der Waals surface area contributed by atoms with Crippen LogP contribution in [-0.2, 0) is 0 Å². The number of nitro benzene ring substituents is 2. The number of allylic oxidation sites excluding steroid dienone is 1. The van der Waals surface area contributed by atoms with Gasteiger partial charge in [-0.2, -0.15) is 5.26 Å². The van der Waals surface area contributed by atoms with E-state index in [0.717, 1.165) is 18.2 Å². The maximum absolute atomic E-state index is 11.5. The quantitative estimate of drug-likeness (QED) is 0.371. The van der Waals surface area contributed by atoms with Crippen LogP contribution in [0.5, 0.6) is 23.1 Å². The van der Waals surface area contributed by atoms with Crippen molar-refractivity contribution in [1.82, 2.24) is 10.2 Å². The lowest BCUT2D eigenvalue weighted by Gasteiger charge is -2.24. The number of non-ortho nitro benzene ring substituents is 1. The van der Waals surface area contributed by atoms with Crippen LogP contribution in [0.1, 0.15) is 29.7 Å². The lowest BCUT2D eigenvalue weighted by molar-refractivity contribution is -0.394. The van der Waals surface area contributed by atoms with Gasteiger partial charge in [0, 0.05) is 17.3 Å². The summed E-state index contributed by atoms with van der Waals surface area (Å²) < 4.78 is 16.9. The number of aromatic nitrogens is 2. The number of rotatable bonds is 7. The lowest BCUT2D eigenvalue weighted by atomic mass is 9.84. The van der Waals surface area contributed by atoms with E-state index >= 15 is 0 Å². The fourth-order valence-corrected chi connectivity index (χ4v) is 3.76. The van der Waals surface area contributed by atoms with Crippen LogP contribution in [0.4, 0.5) is 11.4 Å². The highest BCUT2D eigenvalue weighted by Crippen LogP contribution is 2.45. The van der Waals surface area contributed by atoms with Crippen molar-refractivity contribution in [3.8, 4) is 29.2 Å². The maximum Gasteiger partial charge on any atom is 0.318 e. The molecule has 0 aliphatic carbocycles. The average molecular weight is 478 g/mol. The zero-order chi connectivity index (χ0) is 25.3. The van der Waals surface area contributed by atoms with Gasteiger partial charge in [-0.05, 0) is 37.6 Å². The molecule has 13 nitrogen and oxygen atoms in total. The molecule has 1 aliphatic rings. The summed E-state index contributed by atoms with van der Waals surface area (Å²) in [6, 6.07) is 9.98. The predicted molar refractivity (Wildman–Crippen MR) is 120 cm³/mol. The number of hydrogen-bond acceptors (Lipinski definition) is 10. The van der Waals surface area contributed by atoms with Crippen LogP contribution in [0.25, 0.3) is 0 Å². The van der Waals surface area contributed by atoms with Crippen molar-refractivity contribution in [3.63, 3.8) is 0 Å². The Labute approximate surface area is 197 Å². The van der Waals surface area contributed by atoms with Crippen LogP contribution < -0.4 is 19.9 Å². The molecule has 1 aliphatic heterocycles. The maximum atomic E-state index is 11.5. The summed E-state index contributed by atoms with van der Waals surface area (Å²) in [6.07, 6.45) is 0. The molecule has 2 heterocycles. The van der Waals surface area contributed by atoms with Crippen molar-refractivity contribution in [1.29, 1.82) is 5.26 Å². The third-order valence-corrected chi connectivity index (χ3v) is 5.30. The standard InChI is InChI=1S/C22H18N6O7/c1-3-33-18-8-12(20-14(10-23)21(24)35-22-19(20)11(2)25-26-22)4-6-17(18)34-16-7-5-13(27(29)30)9-15(16)28(31)32/h4-9,20H,3,24H2,1-2H3,(H,25,26). The number of nitrogens with two attached hydrogens (primary N) is 1. The minimum absolute atomic E-state index is 0.0729. The number of H-pyrrole nitrogens is 1. The van der Waals surface area contributed by atoms with Crippen LogP contribution in [0, 0.1) is 38.5 Å². The van der Waals surface area contributed by atoms with Crippen molar-refractivity contribution in [2.75, 3.05) is 6.61 Å².